The molecule has 2 nitrogen and oxygen atoms in total. The molecule has 1 aromatic rings. The fraction of sp³-hybridized carbons (Fsp3) is 0.300. The number of rotatable bonds is 3. The molecule has 1 aromatic carbocycles. The monoisotopic (exact) mass is 192 g/mol. The molecule has 0 heterocycles. The van der Waals surface area contributed by atoms with E-state index in [9.17, 15) is 0 Å². The lowest BCUT2D eigenvalue weighted by Crippen LogP contribution is -2.36. The average molecular weight is 192 g/mol. The predicted octanol–water partition coefficient (Wildman–Crippen LogP) is 2.02. The molecule has 1 unspecified atom stereocenters. The van der Waals surface area contributed by atoms with E-state index in [2.05, 4.69) is 6.07 Å². The summed E-state index contributed by atoms with van der Waals surface area (Å²) in [6.07, 6.45) is 0. The topological polar surface area (TPSA) is 49.8 Å². The Hall–Kier alpha value is -0.980. The van der Waals surface area contributed by atoms with Crippen LogP contribution in [0.5, 0.6) is 0 Å². The minimum absolute atomic E-state index is 0.619. The van der Waals surface area contributed by atoms with E-state index >= 15 is 0 Å². The number of hydrogen-bond acceptors (Lipinski definition) is 3. The Morgan fingerprint density at radius 1 is 1.46 bits per heavy atom. The van der Waals surface area contributed by atoms with E-state index in [1.54, 1.807) is 18.7 Å². The third-order valence-electron chi connectivity index (χ3n) is 1.54. The molecule has 1 rings (SSSR count). The van der Waals surface area contributed by atoms with Crippen LogP contribution in [0, 0.1) is 11.3 Å². The molecular weight excluding hydrogens is 180 g/mol. The standard InChI is InChI=1S/C10H12N2S/c1-10(12,7-11)8-13-9-5-3-2-4-6-9/h2-6H,8,12H2,1H3. The molecule has 0 amide bonds. The van der Waals surface area contributed by atoms with Gasteiger partial charge in [-0.3, -0.25) is 0 Å². The molecule has 0 saturated carbocycles. The molecule has 3 heteroatoms. The molecule has 0 spiro atoms. The molecule has 0 saturated heterocycles. The summed E-state index contributed by atoms with van der Waals surface area (Å²) in [4.78, 5) is 1.15. The first-order valence-electron chi connectivity index (χ1n) is 4.02. The third-order valence-corrected chi connectivity index (χ3v) is 2.89. The van der Waals surface area contributed by atoms with Crippen LogP contribution in [0.15, 0.2) is 35.2 Å². The van der Waals surface area contributed by atoms with Crippen LogP contribution >= 0.6 is 11.8 Å². The zero-order valence-corrected chi connectivity index (χ0v) is 8.34. The Morgan fingerprint density at radius 3 is 2.62 bits per heavy atom. The van der Waals surface area contributed by atoms with Gasteiger partial charge in [0.2, 0.25) is 0 Å². The Labute approximate surface area is 82.7 Å². The van der Waals surface area contributed by atoms with Gasteiger partial charge in [0.25, 0.3) is 0 Å². The van der Waals surface area contributed by atoms with Crippen molar-refractivity contribution in [1.82, 2.24) is 0 Å². The first-order chi connectivity index (χ1) is 6.14. The summed E-state index contributed by atoms with van der Waals surface area (Å²) in [5, 5.41) is 8.68. The number of nitrogens with zero attached hydrogens (tertiary/aromatic N) is 1. The van der Waals surface area contributed by atoms with Crippen LogP contribution in [0.2, 0.25) is 0 Å². The van der Waals surface area contributed by atoms with E-state index < -0.39 is 5.54 Å². The fourth-order valence-corrected chi connectivity index (χ4v) is 1.66. The van der Waals surface area contributed by atoms with Gasteiger partial charge in [0, 0.05) is 10.6 Å². The smallest absolute Gasteiger partial charge is 0.110 e. The maximum Gasteiger partial charge on any atom is 0.110 e. The minimum atomic E-state index is -0.736. The van der Waals surface area contributed by atoms with Crippen LogP contribution in [0.4, 0.5) is 0 Å². The summed E-state index contributed by atoms with van der Waals surface area (Å²) in [5.74, 6) is 0.619. The van der Waals surface area contributed by atoms with Crippen molar-refractivity contribution in [3.05, 3.63) is 30.3 Å². The van der Waals surface area contributed by atoms with Gasteiger partial charge in [0.1, 0.15) is 5.54 Å². The van der Waals surface area contributed by atoms with Crippen LogP contribution in [0.3, 0.4) is 0 Å². The SMILES string of the molecule is CC(N)(C#N)CSc1ccccc1. The molecule has 0 bridgehead atoms. The Morgan fingerprint density at radius 2 is 2.08 bits per heavy atom. The van der Waals surface area contributed by atoms with E-state index in [1.807, 2.05) is 30.3 Å². The Bertz CT molecular complexity index is 300. The van der Waals surface area contributed by atoms with Gasteiger partial charge in [-0.25, -0.2) is 0 Å². The first kappa shape index (κ1) is 10.1. The van der Waals surface area contributed by atoms with Gasteiger partial charge in [0.05, 0.1) is 6.07 Å². The molecule has 2 N–H and O–H groups in total. The van der Waals surface area contributed by atoms with Gasteiger partial charge in [-0.2, -0.15) is 5.26 Å². The van der Waals surface area contributed by atoms with Gasteiger partial charge in [-0.15, -0.1) is 11.8 Å². The van der Waals surface area contributed by atoms with Gasteiger partial charge in [0.15, 0.2) is 0 Å². The van der Waals surface area contributed by atoms with E-state index in [-0.39, 0.29) is 0 Å². The van der Waals surface area contributed by atoms with Crippen molar-refractivity contribution in [3.8, 4) is 6.07 Å². The number of benzene rings is 1. The van der Waals surface area contributed by atoms with Crippen molar-refractivity contribution in [3.63, 3.8) is 0 Å². The third kappa shape index (κ3) is 3.49. The molecule has 68 valence electrons. The van der Waals surface area contributed by atoms with Crippen LogP contribution in [0.25, 0.3) is 0 Å². The van der Waals surface area contributed by atoms with Gasteiger partial charge < -0.3 is 5.73 Å². The number of hydrogen-bond donors (Lipinski definition) is 1. The number of nitriles is 1. The summed E-state index contributed by atoms with van der Waals surface area (Å²) in [6.45, 7) is 1.74. The highest BCUT2D eigenvalue weighted by Gasteiger charge is 2.16. The summed E-state index contributed by atoms with van der Waals surface area (Å²) >= 11 is 1.60. The number of thioether (sulfide) groups is 1. The minimum Gasteiger partial charge on any atom is -0.313 e. The Balaban J connectivity index is 2.50. The lowest BCUT2D eigenvalue weighted by molar-refractivity contribution is 0.682. The second kappa shape index (κ2) is 4.31. The van der Waals surface area contributed by atoms with Crippen molar-refractivity contribution in [2.75, 3.05) is 5.75 Å². The van der Waals surface area contributed by atoms with Gasteiger partial charge in [-0.1, -0.05) is 18.2 Å². The zero-order chi connectivity index (χ0) is 9.73. The lowest BCUT2D eigenvalue weighted by Gasteiger charge is -2.13. The predicted molar refractivity (Wildman–Crippen MR) is 55.4 cm³/mol. The quantitative estimate of drug-likeness (QED) is 0.745. The lowest BCUT2D eigenvalue weighted by atomic mass is 10.1. The Kier molecular flexibility index (Phi) is 3.35. The fourth-order valence-electron chi connectivity index (χ4n) is 0.782. The molecule has 0 aliphatic carbocycles. The second-order valence-electron chi connectivity index (χ2n) is 3.13. The van der Waals surface area contributed by atoms with Crippen molar-refractivity contribution >= 4 is 11.8 Å². The second-order valence-corrected chi connectivity index (χ2v) is 4.18. The zero-order valence-electron chi connectivity index (χ0n) is 7.53. The van der Waals surface area contributed by atoms with Crippen molar-refractivity contribution in [2.24, 2.45) is 5.73 Å². The highest BCUT2D eigenvalue weighted by atomic mass is 32.2. The summed E-state index contributed by atoms with van der Waals surface area (Å²) < 4.78 is 0. The van der Waals surface area contributed by atoms with E-state index in [0.717, 1.165) is 4.90 Å². The van der Waals surface area contributed by atoms with Crippen molar-refractivity contribution in [2.45, 2.75) is 17.4 Å². The van der Waals surface area contributed by atoms with Crippen LogP contribution in [-0.4, -0.2) is 11.3 Å². The molecule has 13 heavy (non-hydrogen) atoms. The molecule has 0 aromatic heterocycles. The van der Waals surface area contributed by atoms with Gasteiger partial charge >= 0.3 is 0 Å². The van der Waals surface area contributed by atoms with Crippen LogP contribution in [-0.2, 0) is 0 Å². The van der Waals surface area contributed by atoms with Gasteiger partial charge in [-0.05, 0) is 19.1 Å². The van der Waals surface area contributed by atoms with Crippen molar-refractivity contribution < 1.29 is 0 Å². The summed E-state index contributed by atoms with van der Waals surface area (Å²) in [5.41, 5.74) is 4.95. The van der Waals surface area contributed by atoms with Crippen molar-refractivity contribution in [1.29, 1.82) is 5.26 Å². The van der Waals surface area contributed by atoms with Crippen LogP contribution < -0.4 is 5.73 Å². The van der Waals surface area contributed by atoms with E-state index in [4.69, 9.17) is 11.0 Å². The maximum atomic E-state index is 8.68. The first-order valence-corrected chi connectivity index (χ1v) is 5.00. The molecule has 0 radical (unpaired) electrons. The van der Waals surface area contributed by atoms with E-state index in [1.165, 1.54) is 0 Å². The summed E-state index contributed by atoms with van der Waals surface area (Å²) in [7, 11) is 0. The molecular formula is C10H12N2S. The highest BCUT2D eigenvalue weighted by Crippen LogP contribution is 2.20. The average Bonchev–Trinajstić information content (AvgIpc) is 2.17. The normalized spacial score (nSPS) is 14.5. The summed E-state index contributed by atoms with van der Waals surface area (Å²) in [6, 6.07) is 12.0. The largest absolute Gasteiger partial charge is 0.313 e. The molecule has 1 atom stereocenters. The van der Waals surface area contributed by atoms with Crippen LogP contribution in [0.1, 0.15) is 6.92 Å². The highest BCUT2D eigenvalue weighted by molar-refractivity contribution is 7.99. The van der Waals surface area contributed by atoms with E-state index in [0.29, 0.717) is 5.75 Å². The molecule has 0 aliphatic heterocycles. The molecule has 0 aliphatic rings. The molecule has 0 fully saturated rings. The maximum absolute atomic E-state index is 8.68. The number of nitrogens with two attached hydrogens (primary N) is 1.